The van der Waals surface area contributed by atoms with Gasteiger partial charge in [-0.05, 0) is 0 Å². The Labute approximate surface area is 54.8 Å². The smallest absolute Gasteiger partial charge is 0.161 e. The van der Waals surface area contributed by atoms with Crippen LogP contribution in [-0.2, 0) is 0 Å². The molecule has 0 saturated carbocycles. The monoisotopic (exact) mass is 132 g/mol. The summed E-state index contributed by atoms with van der Waals surface area (Å²) in [6.07, 6.45) is -1.32. The first-order chi connectivity index (χ1) is 3.85. The summed E-state index contributed by atoms with van der Waals surface area (Å²) in [5.74, 6) is -0.387. The Morgan fingerprint density at radius 2 is 1.89 bits per heavy atom. The highest BCUT2D eigenvalue weighted by atomic mass is 19.1. The fraction of sp³-hybridized carbons (Fsp3) is 0.833. The summed E-state index contributed by atoms with van der Waals surface area (Å²) in [5.41, 5.74) is 4.39. The zero-order valence-electron chi connectivity index (χ0n) is 6.03. The molecule has 0 aromatic carbocycles. The van der Waals surface area contributed by atoms with E-state index in [4.69, 9.17) is 11.1 Å². The Morgan fingerprint density at radius 1 is 1.56 bits per heavy atom. The lowest BCUT2D eigenvalue weighted by molar-refractivity contribution is 0.226. The van der Waals surface area contributed by atoms with E-state index in [2.05, 4.69) is 0 Å². The van der Waals surface area contributed by atoms with Crippen molar-refractivity contribution in [3.63, 3.8) is 0 Å². The molecule has 3 N–H and O–H groups in total. The lowest BCUT2D eigenvalue weighted by atomic mass is 9.90. The van der Waals surface area contributed by atoms with Gasteiger partial charge in [0.15, 0.2) is 6.17 Å². The minimum absolute atomic E-state index is 0.387. The summed E-state index contributed by atoms with van der Waals surface area (Å²) in [5, 5.41) is 6.76. The second-order valence-electron chi connectivity index (χ2n) is 3.18. The third kappa shape index (κ3) is 2.44. The van der Waals surface area contributed by atoms with E-state index in [9.17, 15) is 4.39 Å². The maximum absolute atomic E-state index is 12.7. The molecular weight excluding hydrogens is 119 g/mol. The molecule has 0 rings (SSSR count). The van der Waals surface area contributed by atoms with E-state index < -0.39 is 11.6 Å². The van der Waals surface area contributed by atoms with E-state index in [1.807, 2.05) is 0 Å². The van der Waals surface area contributed by atoms with Crippen LogP contribution < -0.4 is 5.73 Å². The zero-order valence-corrected chi connectivity index (χ0v) is 6.03. The molecule has 1 atom stereocenters. The van der Waals surface area contributed by atoms with Gasteiger partial charge in [-0.2, -0.15) is 0 Å². The number of rotatable bonds is 1. The highest BCUT2D eigenvalue weighted by Crippen LogP contribution is 2.21. The van der Waals surface area contributed by atoms with Crippen molar-refractivity contribution >= 4 is 5.84 Å². The molecule has 0 amide bonds. The second-order valence-corrected chi connectivity index (χ2v) is 3.18. The van der Waals surface area contributed by atoms with E-state index >= 15 is 0 Å². The Balaban J connectivity index is 4.04. The molecule has 54 valence electrons. The average Bonchev–Trinajstić information content (AvgIpc) is 1.62. The second kappa shape index (κ2) is 2.33. The zero-order chi connectivity index (χ0) is 7.65. The van der Waals surface area contributed by atoms with Crippen LogP contribution >= 0.6 is 0 Å². The van der Waals surface area contributed by atoms with Crippen LogP contribution in [0.1, 0.15) is 20.8 Å². The summed E-state index contributed by atoms with van der Waals surface area (Å²) in [6.45, 7) is 5.12. The van der Waals surface area contributed by atoms with Gasteiger partial charge in [-0.15, -0.1) is 0 Å². The van der Waals surface area contributed by atoms with Crippen LogP contribution in [0.5, 0.6) is 0 Å². The molecule has 0 aromatic rings. The van der Waals surface area contributed by atoms with E-state index in [1.165, 1.54) is 0 Å². The lowest BCUT2D eigenvalue weighted by Gasteiger charge is -2.21. The van der Waals surface area contributed by atoms with Crippen LogP contribution in [-0.4, -0.2) is 12.0 Å². The molecule has 0 aliphatic heterocycles. The van der Waals surface area contributed by atoms with Crippen LogP contribution in [0.2, 0.25) is 0 Å². The first-order valence-electron chi connectivity index (χ1n) is 2.83. The normalized spacial score (nSPS) is 15.1. The van der Waals surface area contributed by atoms with Gasteiger partial charge < -0.3 is 5.73 Å². The van der Waals surface area contributed by atoms with E-state index in [0.717, 1.165) is 0 Å². The van der Waals surface area contributed by atoms with Crippen molar-refractivity contribution in [2.45, 2.75) is 26.9 Å². The van der Waals surface area contributed by atoms with E-state index in [-0.39, 0.29) is 5.84 Å². The van der Waals surface area contributed by atoms with Crippen LogP contribution in [0.25, 0.3) is 0 Å². The van der Waals surface area contributed by atoms with Gasteiger partial charge in [-0.25, -0.2) is 4.39 Å². The molecule has 1 unspecified atom stereocenters. The molecule has 0 aliphatic rings. The highest BCUT2D eigenvalue weighted by molar-refractivity contribution is 5.82. The predicted molar refractivity (Wildman–Crippen MR) is 36.3 cm³/mol. The lowest BCUT2D eigenvalue weighted by Crippen LogP contribution is -2.34. The molecule has 3 heteroatoms. The number of hydrogen-bond donors (Lipinski definition) is 2. The minimum Gasteiger partial charge on any atom is -0.385 e. The number of nitrogens with one attached hydrogen (secondary N) is 1. The van der Waals surface area contributed by atoms with Crippen molar-refractivity contribution in [1.29, 1.82) is 5.41 Å². The molecule has 0 saturated heterocycles. The van der Waals surface area contributed by atoms with Crippen molar-refractivity contribution in [3.8, 4) is 0 Å². The van der Waals surface area contributed by atoms with Gasteiger partial charge in [0, 0.05) is 5.41 Å². The number of hydrogen-bond acceptors (Lipinski definition) is 1. The Morgan fingerprint density at radius 3 is 1.89 bits per heavy atom. The van der Waals surface area contributed by atoms with Crippen molar-refractivity contribution in [2.24, 2.45) is 11.1 Å². The molecule has 9 heavy (non-hydrogen) atoms. The third-order valence-electron chi connectivity index (χ3n) is 1.03. The summed E-state index contributed by atoms with van der Waals surface area (Å²) in [6, 6.07) is 0. The van der Waals surface area contributed by atoms with Crippen molar-refractivity contribution < 1.29 is 4.39 Å². The summed E-state index contributed by atoms with van der Waals surface area (Å²) >= 11 is 0. The topological polar surface area (TPSA) is 49.9 Å². The van der Waals surface area contributed by atoms with Gasteiger partial charge in [0.2, 0.25) is 0 Å². The maximum atomic E-state index is 12.7. The standard InChI is InChI=1S/C6H13FN2/c1-6(2,3)4(7)5(8)9/h4H,1-3H3,(H3,8,9). The summed E-state index contributed by atoms with van der Waals surface area (Å²) < 4.78 is 12.7. The molecule has 0 bridgehead atoms. The van der Waals surface area contributed by atoms with E-state index in [0.29, 0.717) is 0 Å². The van der Waals surface area contributed by atoms with Crippen LogP contribution in [0.3, 0.4) is 0 Å². The molecule has 0 spiro atoms. The summed E-state index contributed by atoms with van der Waals surface area (Å²) in [4.78, 5) is 0. The van der Waals surface area contributed by atoms with Gasteiger partial charge in [-0.3, -0.25) is 5.41 Å². The third-order valence-corrected chi connectivity index (χ3v) is 1.03. The fourth-order valence-electron chi connectivity index (χ4n) is 0.467. The van der Waals surface area contributed by atoms with Crippen LogP contribution in [0, 0.1) is 10.8 Å². The molecule has 0 heterocycles. The molecule has 0 aliphatic carbocycles. The first kappa shape index (κ1) is 8.40. The van der Waals surface area contributed by atoms with Crippen LogP contribution in [0.4, 0.5) is 4.39 Å². The average molecular weight is 132 g/mol. The number of alkyl halides is 1. The largest absolute Gasteiger partial charge is 0.385 e. The minimum atomic E-state index is -1.32. The Hall–Kier alpha value is -0.600. The Kier molecular flexibility index (Phi) is 2.18. The molecule has 2 nitrogen and oxygen atoms in total. The van der Waals surface area contributed by atoms with E-state index in [1.54, 1.807) is 20.8 Å². The van der Waals surface area contributed by atoms with Crippen molar-refractivity contribution in [3.05, 3.63) is 0 Å². The molecule has 0 aromatic heterocycles. The molecular formula is C6H13FN2. The Bertz CT molecular complexity index is 115. The number of halogens is 1. The highest BCUT2D eigenvalue weighted by Gasteiger charge is 2.26. The fourth-order valence-corrected chi connectivity index (χ4v) is 0.467. The predicted octanol–water partition coefficient (Wildman–Crippen LogP) is 1.31. The maximum Gasteiger partial charge on any atom is 0.161 e. The number of amidine groups is 1. The SMILES string of the molecule is CC(C)(C)C(F)C(=N)N. The van der Waals surface area contributed by atoms with Gasteiger partial charge in [-0.1, -0.05) is 20.8 Å². The van der Waals surface area contributed by atoms with Gasteiger partial charge in [0.05, 0.1) is 0 Å². The van der Waals surface area contributed by atoms with Crippen molar-refractivity contribution in [2.75, 3.05) is 0 Å². The van der Waals surface area contributed by atoms with Crippen molar-refractivity contribution in [1.82, 2.24) is 0 Å². The number of nitrogens with two attached hydrogens (primary N) is 1. The first-order valence-corrected chi connectivity index (χ1v) is 2.83. The summed E-state index contributed by atoms with van der Waals surface area (Å²) in [7, 11) is 0. The quantitative estimate of drug-likeness (QED) is 0.410. The molecule has 0 radical (unpaired) electrons. The van der Waals surface area contributed by atoms with Gasteiger partial charge in [0.25, 0.3) is 0 Å². The van der Waals surface area contributed by atoms with Gasteiger partial charge >= 0.3 is 0 Å². The molecule has 0 fully saturated rings. The van der Waals surface area contributed by atoms with Crippen LogP contribution in [0.15, 0.2) is 0 Å². The van der Waals surface area contributed by atoms with Gasteiger partial charge in [0.1, 0.15) is 5.84 Å².